The predicted octanol–water partition coefficient (Wildman–Crippen LogP) is 1.92. The number of rotatable bonds is 2. The molecule has 0 saturated carbocycles. The van der Waals surface area contributed by atoms with E-state index in [1.165, 1.54) is 12.7 Å². The molecule has 0 aliphatic rings. The first-order valence-corrected chi connectivity index (χ1v) is 4.79. The van der Waals surface area contributed by atoms with Crippen LogP contribution >= 0.6 is 15.9 Å². The largest absolute Gasteiger partial charge is 0.208 e. The van der Waals surface area contributed by atoms with Gasteiger partial charge in [0.2, 0.25) is 0 Å². The molecule has 0 atom stereocenters. The molecule has 2 aromatic rings. The van der Waals surface area contributed by atoms with Crippen LogP contribution in [0.25, 0.3) is 0 Å². The maximum atomic E-state index is 4.13. The second-order valence-corrected chi connectivity index (χ2v) is 3.46. The number of halogens is 1. The fourth-order valence-corrected chi connectivity index (χ4v) is 1.35. The van der Waals surface area contributed by atoms with Crippen molar-refractivity contribution in [1.82, 2.24) is 14.9 Å². The molecule has 0 spiro atoms. The number of nitrogens with zero attached hydrogens (tertiary/aromatic N) is 4. The van der Waals surface area contributed by atoms with Gasteiger partial charge >= 0.3 is 0 Å². The maximum Gasteiger partial charge on any atom is 0.141 e. The van der Waals surface area contributed by atoms with Gasteiger partial charge in [0.15, 0.2) is 0 Å². The Kier molecular flexibility index (Phi) is 2.69. The average Bonchev–Trinajstić information content (AvgIpc) is 2.69. The van der Waals surface area contributed by atoms with Crippen molar-refractivity contribution in [3.8, 4) is 0 Å². The second kappa shape index (κ2) is 4.15. The summed E-state index contributed by atoms with van der Waals surface area (Å²) in [5, 5.41) is 11.4. The van der Waals surface area contributed by atoms with Gasteiger partial charge in [0.1, 0.15) is 12.7 Å². The molecule has 1 aromatic carbocycles. The van der Waals surface area contributed by atoms with Crippen LogP contribution in [0.4, 0.5) is 0 Å². The zero-order valence-corrected chi connectivity index (χ0v) is 8.79. The molecular weight excluding hydrogens is 244 g/mol. The summed E-state index contributed by atoms with van der Waals surface area (Å²) in [6.45, 7) is 0. The molecule has 0 aliphatic heterocycles. The van der Waals surface area contributed by atoms with Crippen LogP contribution in [-0.4, -0.2) is 21.1 Å². The zero-order valence-electron chi connectivity index (χ0n) is 7.21. The third kappa shape index (κ3) is 2.05. The van der Waals surface area contributed by atoms with E-state index < -0.39 is 0 Å². The van der Waals surface area contributed by atoms with Crippen LogP contribution in [0.1, 0.15) is 5.56 Å². The standard InChI is InChI=1S/C9H7BrN4/c10-9-4-2-1-3-8(9)5-13-14-6-11-12-7-14/h1-7H/b13-5-. The Hall–Kier alpha value is -1.49. The van der Waals surface area contributed by atoms with Gasteiger partial charge in [0.25, 0.3) is 0 Å². The van der Waals surface area contributed by atoms with Crippen molar-refractivity contribution in [1.29, 1.82) is 0 Å². The number of hydrogen-bond acceptors (Lipinski definition) is 3. The topological polar surface area (TPSA) is 43.1 Å². The lowest BCUT2D eigenvalue weighted by Crippen LogP contribution is -1.87. The van der Waals surface area contributed by atoms with Gasteiger partial charge in [-0.1, -0.05) is 34.1 Å². The van der Waals surface area contributed by atoms with Crippen molar-refractivity contribution in [3.63, 3.8) is 0 Å². The van der Waals surface area contributed by atoms with E-state index in [1.807, 2.05) is 24.3 Å². The molecule has 1 heterocycles. The molecule has 0 unspecified atom stereocenters. The Bertz CT molecular complexity index is 436. The molecule has 0 bridgehead atoms. The van der Waals surface area contributed by atoms with Crippen LogP contribution < -0.4 is 0 Å². The molecule has 14 heavy (non-hydrogen) atoms. The number of hydrogen-bond donors (Lipinski definition) is 0. The smallest absolute Gasteiger partial charge is 0.141 e. The summed E-state index contributed by atoms with van der Waals surface area (Å²) in [7, 11) is 0. The Morgan fingerprint density at radius 3 is 2.64 bits per heavy atom. The second-order valence-electron chi connectivity index (χ2n) is 2.61. The molecule has 0 amide bonds. The zero-order chi connectivity index (χ0) is 9.80. The number of benzene rings is 1. The molecule has 0 aliphatic carbocycles. The first-order chi connectivity index (χ1) is 6.86. The summed E-state index contributed by atoms with van der Waals surface area (Å²) in [5.41, 5.74) is 1.02. The molecule has 0 N–H and O–H groups in total. The fourth-order valence-electron chi connectivity index (χ4n) is 0.964. The normalized spacial score (nSPS) is 10.9. The third-order valence-electron chi connectivity index (χ3n) is 1.64. The quantitative estimate of drug-likeness (QED) is 0.765. The Morgan fingerprint density at radius 1 is 1.21 bits per heavy atom. The molecule has 5 heteroatoms. The molecule has 0 saturated heterocycles. The Labute approximate surface area is 89.4 Å². The first-order valence-electron chi connectivity index (χ1n) is 4.00. The average molecular weight is 251 g/mol. The van der Waals surface area contributed by atoms with E-state index in [0.29, 0.717) is 0 Å². The van der Waals surface area contributed by atoms with E-state index in [-0.39, 0.29) is 0 Å². The van der Waals surface area contributed by atoms with Crippen LogP contribution in [-0.2, 0) is 0 Å². The minimum atomic E-state index is 1.01. The Morgan fingerprint density at radius 2 is 1.93 bits per heavy atom. The van der Waals surface area contributed by atoms with Crippen molar-refractivity contribution >= 4 is 22.1 Å². The fraction of sp³-hybridized carbons (Fsp3) is 0. The lowest BCUT2D eigenvalue weighted by molar-refractivity contribution is 0.878. The molecule has 0 fully saturated rings. The van der Waals surface area contributed by atoms with E-state index in [0.717, 1.165) is 10.0 Å². The summed E-state index contributed by atoms with van der Waals surface area (Å²) < 4.78 is 2.55. The third-order valence-corrected chi connectivity index (χ3v) is 2.36. The SMILES string of the molecule is Brc1ccccc1/C=N\n1cnnc1. The molecule has 2 rings (SSSR count). The van der Waals surface area contributed by atoms with Crippen LogP contribution in [0.5, 0.6) is 0 Å². The lowest BCUT2D eigenvalue weighted by Gasteiger charge is -1.95. The van der Waals surface area contributed by atoms with Crippen molar-refractivity contribution in [2.24, 2.45) is 5.10 Å². The highest BCUT2D eigenvalue weighted by atomic mass is 79.9. The van der Waals surface area contributed by atoms with Gasteiger partial charge in [-0.3, -0.25) is 0 Å². The highest BCUT2D eigenvalue weighted by molar-refractivity contribution is 9.10. The highest BCUT2D eigenvalue weighted by Crippen LogP contribution is 2.13. The van der Waals surface area contributed by atoms with Crippen LogP contribution in [0.2, 0.25) is 0 Å². The molecule has 70 valence electrons. The summed E-state index contributed by atoms with van der Waals surface area (Å²) in [6.07, 6.45) is 4.81. The van der Waals surface area contributed by atoms with Crippen molar-refractivity contribution in [2.75, 3.05) is 0 Å². The van der Waals surface area contributed by atoms with Gasteiger partial charge in [0.05, 0.1) is 6.21 Å². The first kappa shape index (κ1) is 9.08. The van der Waals surface area contributed by atoms with E-state index in [9.17, 15) is 0 Å². The maximum absolute atomic E-state index is 4.13. The van der Waals surface area contributed by atoms with Gasteiger partial charge in [-0.15, -0.1) is 10.2 Å². The predicted molar refractivity (Wildman–Crippen MR) is 57.2 cm³/mol. The van der Waals surface area contributed by atoms with Crippen LogP contribution in [0.3, 0.4) is 0 Å². The molecular formula is C9H7BrN4. The van der Waals surface area contributed by atoms with E-state index >= 15 is 0 Å². The Balaban J connectivity index is 2.23. The van der Waals surface area contributed by atoms with E-state index in [4.69, 9.17) is 0 Å². The monoisotopic (exact) mass is 250 g/mol. The summed E-state index contributed by atoms with van der Waals surface area (Å²) in [6, 6.07) is 7.85. The minimum Gasteiger partial charge on any atom is -0.208 e. The minimum absolute atomic E-state index is 1.01. The highest BCUT2D eigenvalue weighted by Gasteiger charge is 1.93. The number of aromatic nitrogens is 3. The summed E-state index contributed by atoms with van der Waals surface area (Å²) >= 11 is 3.43. The van der Waals surface area contributed by atoms with Crippen LogP contribution in [0, 0.1) is 0 Å². The van der Waals surface area contributed by atoms with Gasteiger partial charge in [-0.2, -0.15) is 5.10 Å². The van der Waals surface area contributed by atoms with Crippen molar-refractivity contribution in [3.05, 3.63) is 47.0 Å². The van der Waals surface area contributed by atoms with Gasteiger partial charge in [0, 0.05) is 10.0 Å². The van der Waals surface area contributed by atoms with E-state index in [2.05, 4.69) is 31.2 Å². The molecule has 1 aromatic heterocycles. The summed E-state index contributed by atoms with van der Waals surface area (Å²) in [5.74, 6) is 0. The van der Waals surface area contributed by atoms with Gasteiger partial charge in [-0.05, 0) is 6.07 Å². The molecule has 4 nitrogen and oxygen atoms in total. The van der Waals surface area contributed by atoms with Crippen molar-refractivity contribution in [2.45, 2.75) is 0 Å². The van der Waals surface area contributed by atoms with Gasteiger partial charge < -0.3 is 0 Å². The summed E-state index contributed by atoms with van der Waals surface area (Å²) in [4.78, 5) is 0. The van der Waals surface area contributed by atoms with Crippen molar-refractivity contribution < 1.29 is 0 Å². The van der Waals surface area contributed by atoms with Crippen LogP contribution in [0.15, 0.2) is 46.5 Å². The van der Waals surface area contributed by atoms with E-state index in [1.54, 1.807) is 10.9 Å². The lowest BCUT2D eigenvalue weighted by atomic mass is 10.2. The van der Waals surface area contributed by atoms with Gasteiger partial charge in [-0.25, -0.2) is 4.68 Å². The molecule has 0 radical (unpaired) electrons.